The quantitative estimate of drug-likeness (QED) is 0.454. The molecule has 2 amide bonds. The van der Waals surface area contributed by atoms with E-state index < -0.39 is 5.91 Å². The van der Waals surface area contributed by atoms with Gasteiger partial charge in [-0.1, -0.05) is 45.7 Å². The Bertz CT molecular complexity index is 959. The summed E-state index contributed by atoms with van der Waals surface area (Å²) < 4.78 is 0. The van der Waals surface area contributed by atoms with E-state index in [-0.39, 0.29) is 5.91 Å². The maximum Gasteiger partial charge on any atom is 0.250 e. The maximum atomic E-state index is 12.8. The van der Waals surface area contributed by atoms with Crippen LogP contribution < -0.4 is 11.1 Å². The smallest absolute Gasteiger partial charge is 0.250 e. The second-order valence-corrected chi connectivity index (χ2v) is 13.1. The molecule has 4 heteroatoms. The molecule has 1 unspecified atom stereocenters. The molecule has 0 aliphatic heterocycles. The predicted octanol–water partition coefficient (Wildman–Crippen LogP) is 7.19. The van der Waals surface area contributed by atoms with Gasteiger partial charge >= 0.3 is 0 Å². The Labute approximate surface area is 212 Å². The average Bonchev–Trinajstić information content (AvgIpc) is 3.19. The Morgan fingerprint density at radius 1 is 0.971 bits per heavy atom. The van der Waals surface area contributed by atoms with Crippen molar-refractivity contribution in [3.63, 3.8) is 0 Å². The number of carbonyl (C=O) groups excluding carboxylic acids is 2. The van der Waals surface area contributed by atoms with E-state index in [0.29, 0.717) is 34.4 Å². The van der Waals surface area contributed by atoms with Crippen molar-refractivity contribution in [1.29, 1.82) is 0 Å². The van der Waals surface area contributed by atoms with Gasteiger partial charge in [-0.2, -0.15) is 0 Å². The lowest BCUT2D eigenvalue weighted by atomic mass is 9.44. The standard InChI is InChI=1S/C31H46N2O2/c1-20(11-16-28(34)33-27-10-5-4-9-23(27)29(32)35)24-14-15-25-22-13-12-21-8-6-7-18-30(21,2)26(22)17-19-31(24,25)3/h4-5,9-10,20-22,24-26H,6-8,11-19H2,1-3H3,(H2,32,35)(H,33,34)/t20-,21?,22+,24-,25+,26+,30+,31-/m1/s1. The van der Waals surface area contributed by atoms with E-state index in [1.165, 1.54) is 64.2 Å². The van der Waals surface area contributed by atoms with Crippen molar-refractivity contribution in [2.75, 3.05) is 5.32 Å². The lowest BCUT2D eigenvalue weighted by Gasteiger charge is -2.61. The van der Waals surface area contributed by atoms with Gasteiger partial charge in [-0.25, -0.2) is 0 Å². The number of benzene rings is 1. The fourth-order valence-electron chi connectivity index (χ4n) is 9.85. The zero-order chi connectivity index (χ0) is 24.8. The molecule has 4 aliphatic carbocycles. The molecule has 0 bridgehead atoms. The highest BCUT2D eigenvalue weighted by atomic mass is 16.2. The molecular formula is C31H46N2O2. The normalized spacial score (nSPS) is 39.1. The van der Waals surface area contributed by atoms with Gasteiger partial charge in [-0.05, 0) is 116 Å². The summed E-state index contributed by atoms with van der Waals surface area (Å²) >= 11 is 0. The van der Waals surface area contributed by atoms with E-state index in [1.807, 2.05) is 6.07 Å². The van der Waals surface area contributed by atoms with Crippen LogP contribution in [0.15, 0.2) is 24.3 Å². The summed E-state index contributed by atoms with van der Waals surface area (Å²) in [6.45, 7) is 7.66. The van der Waals surface area contributed by atoms with Crippen LogP contribution in [0.2, 0.25) is 0 Å². The molecule has 0 radical (unpaired) electrons. The molecule has 4 aliphatic rings. The molecule has 8 atom stereocenters. The fraction of sp³-hybridized carbons (Fsp3) is 0.742. The summed E-state index contributed by atoms with van der Waals surface area (Å²) in [5.41, 5.74) is 7.41. The highest BCUT2D eigenvalue weighted by Gasteiger charge is 2.60. The molecule has 1 aromatic rings. The summed E-state index contributed by atoms with van der Waals surface area (Å²) in [7, 11) is 0. The van der Waals surface area contributed by atoms with E-state index in [2.05, 4.69) is 26.1 Å². The largest absolute Gasteiger partial charge is 0.366 e. The van der Waals surface area contributed by atoms with Crippen molar-refractivity contribution in [2.24, 2.45) is 52.1 Å². The number of nitrogens with one attached hydrogen (secondary N) is 1. The third-order valence-electron chi connectivity index (χ3n) is 11.6. The number of carbonyl (C=O) groups is 2. The molecule has 4 fully saturated rings. The second-order valence-electron chi connectivity index (χ2n) is 13.1. The third-order valence-corrected chi connectivity index (χ3v) is 11.6. The number of fused-ring (bicyclic) bond motifs is 5. The molecule has 4 saturated carbocycles. The molecule has 0 heterocycles. The first kappa shape index (κ1) is 24.8. The number of amides is 2. The van der Waals surface area contributed by atoms with Crippen molar-refractivity contribution in [2.45, 2.75) is 97.8 Å². The minimum absolute atomic E-state index is 0.0162. The van der Waals surface area contributed by atoms with Crippen LogP contribution in [-0.4, -0.2) is 11.8 Å². The molecule has 1 aromatic carbocycles. The van der Waals surface area contributed by atoms with Gasteiger partial charge in [-0.3, -0.25) is 9.59 Å². The first-order valence-electron chi connectivity index (χ1n) is 14.4. The molecule has 0 spiro atoms. The van der Waals surface area contributed by atoms with Gasteiger partial charge in [-0.15, -0.1) is 0 Å². The molecule has 0 aromatic heterocycles. The Kier molecular flexibility index (Phi) is 6.78. The highest BCUT2D eigenvalue weighted by molar-refractivity contribution is 6.02. The third kappa shape index (κ3) is 4.33. The minimum Gasteiger partial charge on any atom is -0.366 e. The number of hydrogen-bond donors (Lipinski definition) is 2. The molecule has 192 valence electrons. The highest BCUT2D eigenvalue weighted by Crippen LogP contribution is 2.68. The monoisotopic (exact) mass is 478 g/mol. The first-order chi connectivity index (χ1) is 16.7. The lowest BCUT2D eigenvalue weighted by molar-refractivity contribution is -0.118. The van der Waals surface area contributed by atoms with E-state index in [9.17, 15) is 9.59 Å². The van der Waals surface area contributed by atoms with Gasteiger partial charge < -0.3 is 11.1 Å². The van der Waals surface area contributed by atoms with Gasteiger partial charge in [0.15, 0.2) is 0 Å². The van der Waals surface area contributed by atoms with E-state index in [0.717, 1.165) is 36.0 Å². The van der Waals surface area contributed by atoms with Gasteiger partial charge in [0.2, 0.25) is 5.91 Å². The summed E-state index contributed by atoms with van der Waals surface area (Å²) in [6, 6.07) is 7.01. The number of para-hydroxylation sites is 1. The molecule has 4 nitrogen and oxygen atoms in total. The number of hydrogen-bond acceptors (Lipinski definition) is 2. The topological polar surface area (TPSA) is 72.2 Å². The van der Waals surface area contributed by atoms with Gasteiger partial charge in [0.25, 0.3) is 5.91 Å². The number of nitrogens with two attached hydrogens (primary N) is 1. The van der Waals surface area contributed by atoms with Crippen molar-refractivity contribution in [1.82, 2.24) is 0 Å². The van der Waals surface area contributed by atoms with Crippen molar-refractivity contribution >= 4 is 17.5 Å². The Morgan fingerprint density at radius 2 is 1.74 bits per heavy atom. The summed E-state index contributed by atoms with van der Waals surface area (Å²) in [5, 5.41) is 2.93. The van der Waals surface area contributed by atoms with Crippen LogP contribution in [0.3, 0.4) is 0 Å². The van der Waals surface area contributed by atoms with Crippen molar-refractivity contribution < 1.29 is 9.59 Å². The Morgan fingerprint density at radius 3 is 2.54 bits per heavy atom. The van der Waals surface area contributed by atoms with Crippen LogP contribution in [0.1, 0.15) is 108 Å². The van der Waals surface area contributed by atoms with Gasteiger partial charge in [0, 0.05) is 6.42 Å². The zero-order valence-electron chi connectivity index (χ0n) is 22.2. The van der Waals surface area contributed by atoms with Crippen LogP contribution in [0.4, 0.5) is 5.69 Å². The predicted molar refractivity (Wildman–Crippen MR) is 142 cm³/mol. The minimum atomic E-state index is -0.508. The lowest BCUT2D eigenvalue weighted by Crippen LogP contribution is -2.53. The van der Waals surface area contributed by atoms with Crippen molar-refractivity contribution in [3.05, 3.63) is 29.8 Å². The van der Waals surface area contributed by atoms with Crippen LogP contribution in [0, 0.1) is 46.3 Å². The first-order valence-corrected chi connectivity index (χ1v) is 14.4. The van der Waals surface area contributed by atoms with E-state index in [1.54, 1.807) is 18.2 Å². The number of rotatable bonds is 6. The van der Waals surface area contributed by atoms with Crippen LogP contribution in [0.25, 0.3) is 0 Å². The number of anilines is 1. The van der Waals surface area contributed by atoms with Crippen LogP contribution in [-0.2, 0) is 4.79 Å². The second kappa shape index (κ2) is 9.56. The Balaban J connectivity index is 1.21. The fourth-order valence-corrected chi connectivity index (χ4v) is 9.85. The molecular weight excluding hydrogens is 432 g/mol. The number of primary amides is 1. The van der Waals surface area contributed by atoms with Gasteiger partial charge in [0.1, 0.15) is 0 Å². The Hall–Kier alpha value is -1.84. The molecule has 35 heavy (non-hydrogen) atoms. The maximum absolute atomic E-state index is 12.8. The van der Waals surface area contributed by atoms with Gasteiger partial charge in [0.05, 0.1) is 11.3 Å². The SMILES string of the molecule is C[C@H](CCC(=O)Nc1ccccc1C(N)=O)[C@H]1CC[C@H]2[C@@H]3CCC4CCCC[C@]4(C)[C@H]3CC[C@]12C. The van der Waals surface area contributed by atoms with Crippen LogP contribution in [0.5, 0.6) is 0 Å². The van der Waals surface area contributed by atoms with Crippen LogP contribution >= 0.6 is 0 Å². The molecule has 0 saturated heterocycles. The van der Waals surface area contributed by atoms with E-state index >= 15 is 0 Å². The zero-order valence-corrected chi connectivity index (χ0v) is 22.2. The van der Waals surface area contributed by atoms with Crippen molar-refractivity contribution in [3.8, 4) is 0 Å². The summed E-state index contributed by atoms with van der Waals surface area (Å²) in [4.78, 5) is 24.4. The van der Waals surface area contributed by atoms with E-state index in [4.69, 9.17) is 5.73 Å². The average molecular weight is 479 g/mol. The molecule has 5 rings (SSSR count). The molecule has 3 N–H and O–H groups in total. The summed E-state index contributed by atoms with van der Waals surface area (Å²) in [6.07, 6.45) is 15.7. The summed E-state index contributed by atoms with van der Waals surface area (Å²) in [5.74, 6) is 4.48.